The van der Waals surface area contributed by atoms with Gasteiger partial charge in [-0.1, -0.05) is 18.6 Å². The maximum absolute atomic E-state index is 13.6. The zero-order valence-electron chi connectivity index (χ0n) is 10.3. The molecule has 3 rings (SSSR count). The lowest BCUT2D eigenvalue weighted by atomic mass is 9.96. The predicted octanol–water partition coefficient (Wildman–Crippen LogP) is 2.11. The van der Waals surface area contributed by atoms with E-state index in [1.807, 2.05) is 0 Å². The summed E-state index contributed by atoms with van der Waals surface area (Å²) in [6.07, 6.45) is 2.94. The minimum atomic E-state index is -0.650. The molecule has 0 amide bonds. The molecule has 0 aliphatic carbocycles. The summed E-state index contributed by atoms with van der Waals surface area (Å²) in [5.74, 6) is -0.165. The highest BCUT2D eigenvalue weighted by molar-refractivity contribution is 5.39. The minimum absolute atomic E-state index is 0.0420. The molecule has 2 aliphatic rings. The summed E-state index contributed by atoms with van der Waals surface area (Å²) < 4.78 is 19.1. The molecule has 2 aliphatic heterocycles. The Morgan fingerprint density at radius 1 is 1.22 bits per heavy atom. The monoisotopic (exact) mass is 251 g/mol. The van der Waals surface area contributed by atoms with E-state index in [2.05, 4.69) is 4.90 Å². The summed E-state index contributed by atoms with van der Waals surface area (Å²) in [5.41, 5.74) is 0.580. The van der Waals surface area contributed by atoms with Crippen LogP contribution in [0.3, 0.4) is 0 Å². The lowest BCUT2D eigenvalue weighted by Gasteiger charge is -2.40. The highest BCUT2D eigenvalue weighted by atomic mass is 19.1. The van der Waals surface area contributed by atoms with Gasteiger partial charge in [0.05, 0.1) is 6.04 Å². The number of fused-ring (bicyclic) bond motifs is 1. The van der Waals surface area contributed by atoms with Gasteiger partial charge in [-0.05, 0) is 32.0 Å². The Kier molecular flexibility index (Phi) is 3.22. The molecule has 1 aromatic rings. The molecule has 4 heteroatoms. The first-order chi connectivity index (χ1) is 8.77. The molecule has 0 saturated carbocycles. The van der Waals surface area contributed by atoms with Crippen LogP contribution in [0.4, 0.5) is 4.39 Å². The van der Waals surface area contributed by atoms with Gasteiger partial charge in [0.1, 0.15) is 12.7 Å². The number of hydrogen-bond acceptors (Lipinski definition) is 3. The zero-order valence-corrected chi connectivity index (χ0v) is 10.3. The van der Waals surface area contributed by atoms with Gasteiger partial charge in [0, 0.05) is 5.56 Å². The van der Waals surface area contributed by atoms with Crippen molar-refractivity contribution in [1.29, 1.82) is 0 Å². The quantitative estimate of drug-likeness (QED) is 0.829. The van der Waals surface area contributed by atoms with Crippen LogP contribution < -0.4 is 4.74 Å². The molecule has 1 aromatic carbocycles. The third-order valence-electron chi connectivity index (χ3n) is 3.94. The van der Waals surface area contributed by atoms with Crippen molar-refractivity contribution in [1.82, 2.24) is 4.90 Å². The second kappa shape index (κ2) is 4.86. The number of aliphatic hydroxyl groups excluding tert-OH is 1. The van der Waals surface area contributed by atoms with Crippen molar-refractivity contribution < 1.29 is 14.2 Å². The lowest BCUT2D eigenvalue weighted by molar-refractivity contribution is -0.00585. The standard InChI is InChI=1S/C14H18FNO2/c15-11-6-4-5-10-13(17)12(9-18-14(10)11)16-7-2-1-3-8-16/h4-6,12-13,17H,1-3,7-9H2. The summed E-state index contributed by atoms with van der Waals surface area (Å²) in [6, 6.07) is 4.70. The second-order valence-electron chi connectivity index (χ2n) is 5.08. The lowest BCUT2D eigenvalue weighted by Crippen LogP contribution is -2.48. The molecule has 0 spiro atoms. The molecule has 18 heavy (non-hydrogen) atoms. The van der Waals surface area contributed by atoms with Crippen molar-refractivity contribution in [2.75, 3.05) is 19.7 Å². The Morgan fingerprint density at radius 3 is 2.78 bits per heavy atom. The van der Waals surface area contributed by atoms with E-state index in [1.165, 1.54) is 25.3 Å². The fourth-order valence-corrected chi connectivity index (χ4v) is 2.93. The van der Waals surface area contributed by atoms with E-state index in [9.17, 15) is 9.50 Å². The number of piperidine rings is 1. The van der Waals surface area contributed by atoms with Crippen molar-refractivity contribution >= 4 is 0 Å². The van der Waals surface area contributed by atoms with Crippen LogP contribution in [0.15, 0.2) is 18.2 Å². The molecule has 1 saturated heterocycles. The molecular weight excluding hydrogens is 233 g/mol. The predicted molar refractivity (Wildman–Crippen MR) is 66.1 cm³/mol. The van der Waals surface area contributed by atoms with Gasteiger partial charge < -0.3 is 9.84 Å². The van der Waals surface area contributed by atoms with Crippen LogP contribution in [-0.4, -0.2) is 35.7 Å². The van der Waals surface area contributed by atoms with Crippen molar-refractivity contribution in [2.24, 2.45) is 0 Å². The molecule has 0 radical (unpaired) electrons. The summed E-state index contributed by atoms with van der Waals surface area (Å²) in [7, 11) is 0. The summed E-state index contributed by atoms with van der Waals surface area (Å²) in [4.78, 5) is 2.27. The molecule has 3 nitrogen and oxygen atoms in total. The number of halogens is 1. The Bertz CT molecular complexity index is 432. The van der Waals surface area contributed by atoms with Gasteiger partial charge in [-0.2, -0.15) is 0 Å². The van der Waals surface area contributed by atoms with E-state index < -0.39 is 6.10 Å². The van der Waals surface area contributed by atoms with Crippen molar-refractivity contribution in [3.05, 3.63) is 29.6 Å². The molecule has 2 atom stereocenters. The molecule has 1 N–H and O–H groups in total. The Morgan fingerprint density at radius 2 is 2.00 bits per heavy atom. The first-order valence-corrected chi connectivity index (χ1v) is 6.60. The van der Waals surface area contributed by atoms with E-state index >= 15 is 0 Å². The number of benzene rings is 1. The average Bonchev–Trinajstić information content (AvgIpc) is 2.41. The van der Waals surface area contributed by atoms with Gasteiger partial charge in [-0.25, -0.2) is 4.39 Å². The van der Waals surface area contributed by atoms with E-state index in [0.29, 0.717) is 12.2 Å². The normalized spacial score (nSPS) is 28.6. The maximum atomic E-state index is 13.6. The van der Waals surface area contributed by atoms with Gasteiger partial charge in [-0.3, -0.25) is 4.90 Å². The third kappa shape index (κ3) is 1.99. The van der Waals surface area contributed by atoms with Crippen LogP contribution in [0.2, 0.25) is 0 Å². The van der Waals surface area contributed by atoms with E-state index in [1.54, 1.807) is 12.1 Å². The number of aliphatic hydroxyl groups is 1. The van der Waals surface area contributed by atoms with Crippen LogP contribution >= 0.6 is 0 Å². The van der Waals surface area contributed by atoms with Crippen molar-refractivity contribution in [3.63, 3.8) is 0 Å². The average molecular weight is 251 g/mol. The molecule has 98 valence electrons. The Balaban J connectivity index is 1.84. The number of likely N-dealkylation sites (tertiary alicyclic amines) is 1. The number of ether oxygens (including phenoxy) is 1. The van der Waals surface area contributed by atoms with Gasteiger partial charge in [-0.15, -0.1) is 0 Å². The van der Waals surface area contributed by atoms with Crippen LogP contribution in [0.5, 0.6) is 5.75 Å². The minimum Gasteiger partial charge on any atom is -0.488 e. The third-order valence-corrected chi connectivity index (χ3v) is 3.94. The number of para-hydroxylation sites is 1. The van der Waals surface area contributed by atoms with Gasteiger partial charge in [0.15, 0.2) is 11.6 Å². The highest BCUT2D eigenvalue weighted by Crippen LogP contribution is 2.36. The summed E-state index contributed by atoms with van der Waals surface area (Å²) in [5, 5.41) is 10.4. The second-order valence-corrected chi connectivity index (χ2v) is 5.08. The fraction of sp³-hybridized carbons (Fsp3) is 0.571. The van der Waals surface area contributed by atoms with Crippen LogP contribution in [0, 0.1) is 5.82 Å². The van der Waals surface area contributed by atoms with Gasteiger partial charge in [0.25, 0.3) is 0 Å². The summed E-state index contributed by atoms with van der Waals surface area (Å²) >= 11 is 0. The number of hydrogen-bond donors (Lipinski definition) is 1. The first kappa shape index (κ1) is 11.9. The molecule has 0 bridgehead atoms. The van der Waals surface area contributed by atoms with E-state index in [4.69, 9.17) is 4.74 Å². The Hall–Kier alpha value is -1.13. The largest absolute Gasteiger partial charge is 0.488 e. The molecule has 1 fully saturated rings. The number of rotatable bonds is 1. The van der Waals surface area contributed by atoms with E-state index in [0.717, 1.165) is 13.1 Å². The zero-order chi connectivity index (χ0) is 12.5. The fourth-order valence-electron chi connectivity index (χ4n) is 2.93. The van der Waals surface area contributed by atoms with Gasteiger partial charge >= 0.3 is 0 Å². The molecule has 2 heterocycles. The smallest absolute Gasteiger partial charge is 0.165 e. The van der Waals surface area contributed by atoms with E-state index in [-0.39, 0.29) is 17.6 Å². The molecule has 2 unspecified atom stereocenters. The Labute approximate surface area is 106 Å². The van der Waals surface area contributed by atoms with Crippen LogP contribution in [0.1, 0.15) is 30.9 Å². The molecular formula is C14H18FNO2. The van der Waals surface area contributed by atoms with Gasteiger partial charge in [0.2, 0.25) is 0 Å². The SMILES string of the molecule is OC1c2cccc(F)c2OCC1N1CCCCC1. The van der Waals surface area contributed by atoms with Crippen molar-refractivity contribution in [2.45, 2.75) is 31.4 Å². The van der Waals surface area contributed by atoms with Crippen LogP contribution in [0.25, 0.3) is 0 Å². The van der Waals surface area contributed by atoms with Crippen LogP contribution in [-0.2, 0) is 0 Å². The molecule has 0 aromatic heterocycles. The summed E-state index contributed by atoms with van der Waals surface area (Å²) in [6.45, 7) is 2.36. The number of nitrogens with zero attached hydrogens (tertiary/aromatic N) is 1. The highest BCUT2D eigenvalue weighted by Gasteiger charge is 2.35. The first-order valence-electron chi connectivity index (χ1n) is 6.60. The maximum Gasteiger partial charge on any atom is 0.165 e. The topological polar surface area (TPSA) is 32.7 Å². The van der Waals surface area contributed by atoms with Crippen molar-refractivity contribution in [3.8, 4) is 5.75 Å².